The van der Waals surface area contributed by atoms with Gasteiger partial charge in [-0.25, -0.2) is 4.39 Å². The Kier molecular flexibility index (Phi) is 2.93. The number of hydrogen-bond donors (Lipinski definition) is 0. The maximum absolute atomic E-state index is 14.3. The molecule has 1 aromatic rings. The summed E-state index contributed by atoms with van der Waals surface area (Å²) in [6.45, 7) is 1.28. The van der Waals surface area contributed by atoms with E-state index in [-0.39, 0.29) is 0 Å². The van der Waals surface area contributed by atoms with Crippen molar-refractivity contribution in [3.05, 3.63) is 33.9 Å². The van der Waals surface area contributed by atoms with E-state index in [4.69, 9.17) is 0 Å². The number of nitro groups is 1. The van der Waals surface area contributed by atoms with Gasteiger partial charge in [0.1, 0.15) is 5.75 Å². The molecule has 0 aliphatic carbocycles. The van der Waals surface area contributed by atoms with Crippen LogP contribution in [0.3, 0.4) is 0 Å². The molecule has 1 aliphatic heterocycles. The predicted molar refractivity (Wildman–Crippen MR) is 57.7 cm³/mol. The summed E-state index contributed by atoms with van der Waals surface area (Å²) in [5, 5.41) is 10.6. The molecule has 110 valence electrons. The fraction of sp³-hybridized carbons (Fsp3) is 0.455. The standard InChI is InChI=1S/C11H9F4NO4/c1-9(12)7-5-6(16(17)18)3-4-8(7)19-10(2,20-9)11(13,14)15/h3-5H,1-2H3. The first-order chi connectivity index (χ1) is 8.96. The number of nitro benzene ring substituents is 1. The van der Waals surface area contributed by atoms with Crippen LogP contribution in [0.4, 0.5) is 23.2 Å². The van der Waals surface area contributed by atoms with Gasteiger partial charge in [-0.1, -0.05) is 0 Å². The van der Waals surface area contributed by atoms with Crippen molar-refractivity contribution in [3.63, 3.8) is 0 Å². The second kappa shape index (κ2) is 4.05. The van der Waals surface area contributed by atoms with E-state index >= 15 is 0 Å². The van der Waals surface area contributed by atoms with Gasteiger partial charge in [-0.2, -0.15) is 13.2 Å². The van der Waals surface area contributed by atoms with Crippen molar-refractivity contribution in [2.45, 2.75) is 31.7 Å². The van der Waals surface area contributed by atoms with Crippen LogP contribution in [0.25, 0.3) is 0 Å². The molecule has 9 heteroatoms. The molecule has 5 nitrogen and oxygen atoms in total. The van der Waals surface area contributed by atoms with E-state index < -0.39 is 39.7 Å². The van der Waals surface area contributed by atoms with Crippen molar-refractivity contribution < 1.29 is 32.0 Å². The van der Waals surface area contributed by atoms with Gasteiger partial charge in [-0.3, -0.25) is 14.9 Å². The third-order valence-electron chi connectivity index (χ3n) is 2.86. The minimum atomic E-state index is -4.97. The molecule has 0 aromatic heterocycles. The van der Waals surface area contributed by atoms with Crippen LogP contribution in [0.1, 0.15) is 19.4 Å². The zero-order valence-corrected chi connectivity index (χ0v) is 10.3. The number of hydrogen-bond acceptors (Lipinski definition) is 4. The summed E-state index contributed by atoms with van der Waals surface area (Å²) in [7, 11) is 0. The Morgan fingerprint density at radius 2 is 1.90 bits per heavy atom. The lowest BCUT2D eigenvalue weighted by molar-refractivity contribution is -0.404. The molecule has 0 saturated heterocycles. The first-order valence-electron chi connectivity index (χ1n) is 5.40. The SMILES string of the molecule is CC1(F)OC(C)(C(F)(F)F)Oc2ccc([N+](=O)[O-])cc21. The third-order valence-corrected chi connectivity index (χ3v) is 2.86. The highest BCUT2D eigenvalue weighted by Crippen LogP contribution is 2.49. The van der Waals surface area contributed by atoms with Crippen LogP contribution in [-0.4, -0.2) is 16.9 Å². The molecule has 0 bridgehead atoms. The maximum Gasteiger partial charge on any atom is 0.455 e. The van der Waals surface area contributed by atoms with Gasteiger partial charge in [0.05, 0.1) is 10.5 Å². The molecule has 2 unspecified atom stereocenters. The van der Waals surface area contributed by atoms with Gasteiger partial charge in [-0.15, -0.1) is 0 Å². The molecular weight excluding hydrogens is 286 g/mol. The van der Waals surface area contributed by atoms with E-state index in [9.17, 15) is 27.7 Å². The van der Waals surface area contributed by atoms with Crippen molar-refractivity contribution in [2.75, 3.05) is 0 Å². The molecule has 1 heterocycles. The molecule has 0 N–H and O–H groups in total. The Balaban J connectivity index is 2.55. The van der Waals surface area contributed by atoms with Crippen LogP contribution in [0.15, 0.2) is 18.2 Å². The molecule has 1 aliphatic rings. The van der Waals surface area contributed by atoms with Gasteiger partial charge < -0.3 is 4.74 Å². The van der Waals surface area contributed by atoms with Gasteiger partial charge in [0, 0.05) is 19.1 Å². The highest BCUT2D eigenvalue weighted by molar-refractivity contribution is 5.47. The lowest BCUT2D eigenvalue weighted by Gasteiger charge is -2.42. The maximum atomic E-state index is 14.3. The van der Waals surface area contributed by atoms with E-state index in [0.717, 1.165) is 25.1 Å². The van der Waals surface area contributed by atoms with Gasteiger partial charge in [0.25, 0.3) is 5.69 Å². The third kappa shape index (κ3) is 2.17. The molecule has 0 spiro atoms. The summed E-state index contributed by atoms with van der Waals surface area (Å²) >= 11 is 0. The van der Waals surface area contributed by atoms with E-state index in [1.54, 1.807) is 0 Å². The number of ether oxygens (including phenoxy) is 2. The minimum absolute atomic E-state index is 0.452. The zero-order valence-electron chi connectivity index (χ0n) is 10.3. The molecule has 2 rings (SSSR count). The number of halogens is 4. The first kappa shape index (κ1) is 14.5. The molecule has 0 fully saturated rings. The van der Waals surface area contributed by atoms with Gasteiger partial charge in [0.15, 0.2) is 0 Å². The first-order valence-corrected chi connectivity index (χ1v) is 5.40. The fourth-order valence-corrected chi connectivity index (χ4v) is 1.84. The molecule has 0 amide bonds. The van der Waals surface area contributed by atoms with Crippen LogP contribution in [0.2, 0.25) is 0 Å². The Morgan fingerprint density at radius 3 is 2.40 bits per heavy atom. The number of nitrogens with zero attached hydrogens (tertiary/aromatic N) is 1. The van der Waals surface area contributed by atoms with E-state index in [0.29, 0.717) is 6.92 Å². The predicted octanol–water partition coefficient (Wildman–Crippen LogP) is 3.42. The Hall–Kier alpha value is -1.90. The highest BCUT2D eigenvalue weighted by atomic mass is 19.4. The highest BCUT2D eigenvalue weighted by Gasteiger charge is 2.62. The number of non-ortho nitro benzene ring substituents is 1. The lowest BCUT2D eigenvalue weighted by atomic mass is 10.0. The summed E-state index contributed by atoms with van der Waals surface area (Å²) in [6.07, 6.45) is -4.97. The molecule has 1 aromatic carbocycles. The Labute approximate surface area is 110 Å². The quantitative estimate of drug-likeness (QED) is 0.452. The topological polar surface area (TPSA) is 61.6 Å². The monoisotopic (exact) mass is 295 g/mol. The van der Waals surface area contributed by atoms with Crippen LogP contribution in [0.5, 0.6) is 5.75 Å². The van der Waals surface area contributed by atoms with Crippen molar-refractivity contribution >= 4 is 5.69 Å². The van der Waals surface area contributed by atoms with Gasteiger partial charge in [0.2, 0.25) is 5.85 Å². The molecule has 0 saturated carbocycles. The number of rotatable bonds is 1. The smallest absolute Gasteiger partial charge is 0.453 e. The second-order valence-corrected chi connectivity index (χ2v) is 4.50. The molecular formula is C11H9F4NO4. The van der Waals surface area contributed by atoms with Crippen LogP contribution in [0, 0.1) is 10.1 Å². The normalized spacial score (nSPS) is 29.5. The minimum Gasteiger partial charge on any atom is -0.453 e. The molecule has 0 radical (unpaired) electrons. The summed E-state index contributed by atoms with van der Waals surface area (Å²) < 4.78 is 61.8. The van der Waals surface area contributed by atoms with Crippen molar-refractivity contribution in [1.29, 1.82) is 0 Å². The van der Waals surface area contributed by atoms with Crippen molar-refractivity contribution in [3.8, 4) is 5.75 Å². The fourth-order valence-electron chi connectivity index (χ4n) is 1.84. The number of fused-ring (bicyclic) bond motifs is 1. The Morgan fingerprint density at radius 1 is 1.30 bits per heavy atom. The Bertz CT molecular complexity index is 572. The van der Waals surface area contributed by atoms with Crippen molar-refractivity contribution in [1.82, 2.24) is 0 Å². The van der Waals surface area contributed by atoms with Gasteiger partial charge in [-0.05, 0) is 13.0 Å². The van der Waals surface area contributed by atoms with E-state index in [1.807, 2.05) is 0 Å². The summed E-state index contributed by atoms with van der Waals surface area (Å²) in [5.74, 6) is -6.49. The van der Waals surface area contributed by atoms with Gasteiger partial charge >= 0.3 is 12.0 Å². The lowest BCUT2D eigenvalue weighted by Crippen LogP contribution is -2.55. The van der Waals surface area contributed by atoms with Crippen LogP contribution < -0.4 is 4.74 Å². The van der Waals surface area contributed by atoms with Crippen molar-refractivity contribution in [2.24, 2.45) is 0 Å². The summed E-state index contributed by atoms with van der Waals surface area (Å²) in [5.41, 5.74) is -0.941. The summed E-state index contributed by atoms with van der Waals surface area (Å²) in [6, 6.07) is 2.63. The number of alkyl halides is 4. The number of benzene rings is 1. The second-order valence-electron chi connectivity index (χ2n) is 4.50. The average molecular weight is 295 g/mol. The molecule has 20 heavy (non-hydrogen) atoms. The van der Waals surface area contributed by atoms with Crippen LogP contribution >= 0.6 is 0 Å². The molecule has 2 atom stereocenters. The zero-order chi connectivity index (χ0) is 15.3. The average Bonchev–Trinajstić information content (AvgIpc) is 2.25. The van der Waals surface area contributed by atoms with E-state index in [1.165, 1.54) is 0 Å². The summed E-state index contributed by atoms with van der Waals surface area (Å²) in [4.78, 5) is 9.81. The largest absolute Gasteiger partial charge is 0.455 e. The van der Waals surface area contributed by atoms with E-state index in [2.05, 4.69) is 9.47 Å². The van der Waals surface area contributed by atoms with Crippen LogP contribution in [-0.2, 0) is 10.6 Å².